The molecule has 0 unspecified atom stereocenters. The van der Waals surface area contributed by atoms with E-state index in [-0.39, 0.29) is 67.3 Å². The highest BCUT2D eigenvalue weighted by molar-refractivity contribution is 6.27. The minimum atomic E-state index is -1.08. The number of furan rings is 3. The van der Waals surface area contributed by atoms with Crippen LogP contribution in [0.1, 0.15) is 79.5 Å². The number of benzene rings is 24. The van der Waals surface area contributed by atoms with Gasteiger partial charge >= 0.3 is 0 Å². The van der Waals surface area contributed by atoms with Crippen molar-refractivity contribution in [3.05, 3.63) is 460 Å². The molecule has 27 rings (SSSR count). The molecule has 3 aromatic heterocycles. The average molecular weight is 1670 g/mol. The van der Waals surface area contributed by atoms with Gasteiger partial charge in [0.25, 0.3) is 0 Å². The fourth-order valence-corrected chi connectivity index (χ4v) is 16.6. The van der Waals surface area contributed by atoms with Crippen LogP contribution in [0.2, 0.25) is 0 Å². The van der Waals surface area contributed by atoms with E-state index in [1.54, 1.807) is 24.3 Å². The zero-order valence-electron chi connectivity index (χ0n) is 123. The molecule has 590 valence electrons. The Bertz CT molecular complexity index is 12600. The molecule has 0 N–H and O–H groups in total. The number of fused-ring (bicyclic) bond motifs is 19. The molecule has 0 fully saturated rings. The van der Waals surface area contributed by atoms with Gasteiger partial charge in [-0.2, -0.15) is 0 Å². The van der Waals surface area contributed by atoms with Crippen molar-refractivity contribution in [1.82, 2.24) is 0 Å². The molecule has 0 aliphatic heterocycles. The van der Waals surface area contributed by atoms with Gasteiger partial charge in [-0.3, -0.25) is 0 Å². The first-order chi connectivity index (χ1) is 87.2. The van der Waals surface area contributed by atoms with Gasteiger partial charge in [-0.1, -0.05) is 399 Å². The standard InChI is InChI=1S/2C42H26O.C40H24O/c2*1-2-11-28(12-3-1)41-33-15-4-6-17-35(33)42(36-18-7-5-16-34(36)41)29-23-21-27(22-24-29)31-19-10-13-30-25-38-32-14-8-9-20-39(32)43-40(38)26-37(30)31;1-2-11-26-22-28(21-20-25(26)10-1)39-30-14-3-5-16-32(30)40(33-17-6-4-15-31(33)39)34-18-9-12-27-23-36-29-13-7-8-19-37(29)41-38(36)24-35(27)34/h2*1-26H;1-24H/i1D,2D,3D,4D,5D,6D,7D,8D,9D,10D,11D,12D,13D,14D,15D,16D,17D,18D,19D,20D,21D,22D,23D,24D,25D,26D;4D,5D,6D,7D,15D,16D,17D,18D;1D,2D,3D,4D,5D,6D,7D,8D,9D,10D,11D,12D,13D,14D,15D,16D,17D,18D,19D,20D,21D,22D,23D,24D. The quantitative estimate of drug-likeness (QED) is 0.142. The normalized spacial score (nSPS) is 18.2. The van der Waals surface area contributed by atoms with E-state index in [4.69, 9.17) is 66.7 Å². The molecule has 0 aliphatic carbocycles. The maximum atomic E-state index is 9.57. The third-order valence-corrected chi connectivity index (χ3v) is 22.1. The summed E-state index contributed by atoms with van der Waals surface area (Å²) in [7, 11) is 0. The molecule has 27 aromatic rings. The molecule has 3 heterocycles. The zero-order chi connectivity index (χ0) is 134. The summed E-state index contributed by atoms with van der Waals surface area (Å²) in [6.07, 6.45) is 0. The van der Waals surface area contributed by atoms with Crippen molar-refractivity contribution < 1.29 is 92.8 Å². The topological polar surface area (TPSA) is 39.4 Å². The van der Waals surface area contributed by atoms with Crippen LogP contribution in [-0.4, -0.2) is 0 Å². The second kappa shape index (κ2) is 30.1. The van der Waals surface area contributed by atoms with Crippen LogP contribution in [0.4, 0.5) is 0 Å². The Balaban J connectivity index is 0.000000138. The largest absolute Gasteiger partial charge is 0.456 e. The summed E-state index contributed by atoms with van der Waals surface area (Å²) in [6, 6.07) is -11.8. The van der Waals surface area contributed by atoms with Crippen LogP contribution in [0, 0.1) is 0 Å². The fraction of sp³-hybridized carbons (Fsp3) is 0. The van der Waals surface area contributed by atoms with Crippen LogP contribution in [0.5, 0.6) is 0 Å². The van der Waals surface area contributed by atoms with Crippen LogP contribution in [0.3, 0.4) is 0 Å². The van der Waals surface area contributed by atoms with Crippen LogP contribution >= 0.6 is 0 Å². The average Bonchev–Trinajstić information content (AvgIpc) is 1.46. The monoisotopic (exact) mass is 1670 g/mol. The Morgan fingerprint density at radius 1 is 0.142 bits per heavy atom. The lowest BCUT2D eigenvalue weighted by Gasteiger charge is -2.19. The lowest BCUT2D eigenvalue weighted by Crippen LogP contribution is -1.91. The maximum absolute atomic E-state index is 9.57. The van der Waals surface area contributed by atoms with Gasteiger partial charge in [0.05, 0.1) is 79.5 Å². The minimum absolute atomic E-state index is 0.197. The highest BCUT2D eigenvalue weighted by atomic mass is 16.3. The number of rotatable bonds is 8. The van der Waals surface area contributed by atoms with Crippen molar-refractivity contribution in [3.63, 3.8) is 0 Å². The molecule has 0 saturated carbocycles. The van der Waals surface area contributed by atoms with Gasteiger partial charge < -0.3 is 13.3 Å². The van der Waals surface area contributed by atoms with Crippen LogP contribution < -0.4 is 0 Å². The van der Waals surface area contributed by atoms with Gasteiger partial charge in [-0.15, -0.1) is 0 Å². The Morgan fingerprint density at radius 2 is 0.535 bits per heavy atom. The van der Waals surface area contributed by atoms with Gasteiger partial charge in [0.2, 0.25) is 0 Å². The lowest BCUT2D eigenvalue weighted by atomic mass is 9.84. The van der Waals surface area contributed by atoms with Crippen LogP contribution in [-0.2, 0) is 0 Å². The summed E-state index contributed by atoms with van der Waals surface area (Å²) in [5.41, 5.74) is -3.97. The van der Waals surface area contributed by atoms with E-state index in [0.717, 1.165) is 43.8 Å². The summed E-state index contributed by atoms with van der Waals surface area (Å²) in [5, 5.41) is -5.41. The fourth-order valence-electron chi connectivity index (χ4n) is 16.6. The zero-order valence-corrected chi connectivity index (χ0v) is 64.6. The van der Waals surface area contributed by atoms with E-state index in [1.165, 1.54) is 0 Å². The van der Waals surface area contributed by atoms with Crippen LogP contribution in [0.15, 0.2) is 473 Å². The van der Waals surface area contributed by atoms with Gasteiger partial charge in [0.15, 0.2) is 0 Å². The minimum Gasteiger partial charge on any atom is -0.456 e. The van der Waals surface area contributed by atoms with E-state index in [2.05, 4.69) is 24.3 Å². The summed E-state index contributed by atoms with van der Waals surface area (Å²) in [6.45, 7) is 0. The van der Waals surface area contributed by atoms with Crippen molar-refractivity contribution in [1.29, 1.82) is 0 Å². The molecule has 0 bridgehead atoms. The first kappa shape index (κ1) is 35.6. The summed E-state index contributed by atoms with van der Waals surface area (Å²) < 4.78 is 534. The van der Waals surface area contributed by atoms with Gasteiger partial charge in [-0.25, -0.2) is 0 Å². The molecule has 24 aromatic carbocycles. The third kappa shape index (κ3) is 12.3. The van der Waals surface area contributed by atoms with E-state index in [9.17, 15) is 26.0 Å². The molecule has 3 nitrogen and oxygen atoms in total. The smallest absolute Gasteiger partial charge is 0.136 e. The molecular weight excluding hydrogens is 1540 g/mol. The number of hydrogen-bond acceptors (Lipinski definition) is 3. The van der Waals surface area contributed by atoms with E-state index < -0.39 is 480 Å². The molecule has 127 heavy (non-hydrogen) atoms. The summed E-state index contributed by atoms with van der Waals surface area (Å²) >= 11 is 0. The molecule has 0 amide bonds. The van der Waals surface area contributed by atoms with E-state index in [0.29, 0.717) is 22.3 Å². The third-order valence-electron chi connectivity index (χ3n) is 22.1. The first-order valence-electron chi connectivity index (χ1n) is 67.9. The molecule has 0 radical (unpaired) electrons. The lowest BCUT2D eigenvalue weighted by molar-refractivity contribution is 0.669. The molecular formula is C124H76O3. The van der Waals surface area contributed by atoms with E-state index in [1.807, 2.05) is 60.7 Å². The second-order valence-corrected chi connectivity index (χ2v) is 28.9. The maximum Gasteiger partial charge on any atom is 0.136 e. The molecule has 3 heteroatoms. The Morgan fingerprint density at radius 3 is 1.08 bits per heavy atom. The van der Waals surface area contributed by atoms with E-state index >= 15 is 0 Å². The molecule has 0 atom stereocenters. The van der Waals surface area contributed by atoms with Crippen molar-refractivity contribution in [2.75, 3.05) is 0 Å². The van der Waals surface area contributed by atoms with Crippen molar-refractivity contribution in [3.8, 4) is 89.0 Å². The van der Waals surface area contributed by atoms with Crippen molar-refractivity contribution >= 4 is 174 Å². The second-order valence-electron chi connectivity index (χ2n) is 28.9. The summed E-state index contributed by atoms with van der Waals surface area (Å²) in [4.78, 5) is 0. The Kier molecular flexibility index (Phi) is 8.45. The number of hydrogen-bond donors (Lipinski definition) is 0. The molecule has 0 aliphatic rings. The predicted octanol–water partition coefficient (Wildman–Crippen LogP) is 35.6. The van der Waals surface area contributed by atoms with Crippen molar-refractivity contribution in [2.45, 2.75) is 0 Å². The van der Waals surface area contributed by atoms with Crippen LogP contribution in [0.25, 0.3) is 263 Å². The Hall–Kier alpha value is -16.7. The molecule has 0 spiro atoms. The SMILES string of the molecule is [2H]c1c([2H])c([2H])c(-c2c3c([2H])c([2H])c([2H])c([2H])c3c(-c3c([2H])c([2H])c(-c4c([2H])c([2H])c([2H])c5c([2H])c6c(oc7c([2H])c([2H])c([2H])c([2H])c76)c([2H])c45)c([2H])c3[2H])c3c([2H])c([2H])c([2H])c([2H])c23)c([2H])c1[2H].[2H]c1c([2H])c([2H])c2c(-c3ccc(-c4cccc5cc6c(cc45)oc4ccccc46)cc3)c3c([2H])c([2H])c([2H])c([2H])c3c(-c3ccccc3)c2c1[2H].[2H]c1c([2H])c([2H])c2c(oc3c([2H])c4c(-c5c6c([2H])c([2H])c([2H])c([2H])c6c(-c6c([2H])c([2H])c7c([2H])c([2H])c([2H])c([2H])c7c6[2H])c6c([2H])c([2H])c([2H])c([2H])c56)c([2H])c([2H])c([2H])c4c([2H])c32)c1[2H]. The molecule has 0 saturated heterocycles. The first-order valence-corrected chi connectivity index (χ1v) is 38.9. The predicted molar refractivity (Wildman–Crippen MR) is 540 cm³/mol. The van der Waals surface area contributed by atoms with Crippen molar-refractivity contribution in [2.24, 2.45) is 0 Å². The van der Waals surface area contributed by atoms with Gasteiger partial charge in [0, 0.05) is 32.3 Å². The highest BCUT2D eigenvalue weighted by Crippen LogP contribution is 2.51. The highest BCUT2D eigenvalue weighted by Gasteiger charge is 2.24. The Labute approximate surface area is 813 Å². The summed E-state index contributed by atoms with van der Waals surface area (Å²) in [5.74, 6) is 0. The van der Waals surface area contributed by atoms with Gasteiger partial charge in [0.1, 0.15) is 33.5 Å². The number of para-hydroxylation sites is 3. The van der Waals surface area contributed by atoms with Gasteiger partial charge in [-0.05, 0) is 257 Å².